The molecule has 0 saturated carbocycles. The summed E-state index contributed by atoms with van der Waals surface area (Å²) >= 11 is 0. The number of anilines is 2. The van der Waals surface area contributed by atoms with Gasteiger partial charge in [-0.05, 0) is 25.0 Å². The van der Waals surface area contributed by atoms with Crippen molar-refractivity contribution in [1.82, 2.24) is 15.3 Å². The van der Waals surface area contributed by atoms with Crippen LogP contribution in [0, 0.1) is 17.5 Å². The van der Waals surface area contributed by atoms with E-state index in [-0.39, 0.29) is 6.04 Å². The van der Waals surface area contributed by atoms with Crippen molar-refractivity contribution in [2.45, 2.75) is 18.9 Å². The smallest absolute Gasteiger partial charge is 0.319 e. The summed E-state index contributed by atoms with van der Waals surface area (Å²) < 4.78 is 39.6. The molecule has 2 heterocycles. The summed E-state index contributed by atoms with van der Waals surface area (Å²) in [6.45, 7) is 1.37. The van der Waals surface area contributed by atoms with Gasteiger partial charge in [-0.15, -0.1) is 0 Å². The highest BCUT2D eigenvalue weighted by atomic mass is 19.2. The molecule has 1 aromatic carbocycles. The Morgan fingerprint density at radius 3 is 2.56 bits per heavy atom. The molecule has 0 aliphatic carbocycles. The number of benzene rings is 1. The zero-order valence-corrected chi connectivity index (χ0v) is 13.2. The average molecular weight is 351 g/mol. The average Bonchev–Trinajstić information content (AvgIpc) is 2.63. The van der Waals surface area contributed by atoms with Crippen molar-refractivity contribution in [3.8, 4) is 0 Å². The number of hydrogen-bond donors (Lipinski definition) is 2. The van der Waals surface area contributed by atoms with E-state index in [0.29, 0.717) is 25.9 Å². The van der Waals surface area contributed by atoms with Gasteiger partial charge in [-0.2, -0.15) is 0 Å². The Kier molecular flexibility index (Phi) is 5.01. The molecule has 6 nitrogen and oxygen atoms in total. The lowest BCUT2D eigenvalue weighted by Gasteiger charge is -2.32. The van der Waals surface area contributed by atoms with E-state index in [0.717, 1.165) is 18.0 Å². The molecule has 2 amide bonds. The third-order valence-corrected chi connectivity index (χ3v) is 3.99. The Morgan fingerprint density at radius 2 is 1.88 bits per heavy atom. The van der Waals surface area contributed by atoms with Gasteiger partial charge in [-0.3, -0.25) is 4.98 Å². The Morgan fingerprint density at radius 1 is 1.12 bits per heavy atom. The first kappa shape index (κ1) is 17.0. The van der Waals surface area contributed by atoms with Crippen LogP contribution in [0.4, 0.5) is 29.5 Å². The second-order valence-electron chi connectivity index (χ2n) is 5.65. The van der Waals surface area contributed by atoms with Crippen LogP contribution in [0.25, 0.3) is 0 Å². The first-order valence-corrected chi connectivity index (χ1v) is 7.76. The van der Waals surface area contributed by atoms with Gasteiger partial charge in [0, 0.05) is 31.5 Å². The lowest BCUT2D eigenvalue weighted by atomic mass is 10.1. The van der Waals surface area contributed by atoms with Crippen molar-refractivity contribution in [2.75, 3.05) is 23.3 Å². The minimum Gasteiger partial charge on any atom is -0.355 e. The monoisotopic (exact) mass is 351 g/mol. The first-order chi connectivity index (χ1) is 12.0. The maximum Gasteiger partial charge on any atom is 0.319 e. The van der Waals surface area contributed by atoms with Gasteiger partial charge in [0.15, 0.2) is 17.5 Å². The zero-order chi connectivity index (χ0) is 17.8. The van der Waals surface area contributed by atoms with Crippen molar-refractivity contribution in [1.29, 1.82) is 0 Å². The number of nitrogens with one attached hydrogen (secondary N) is 2. The van der Waals surface area contributed by atoms with Gasteiger partial charge < -0.3 is 15.5 Å². The number of aromatic nitrogens is 2. The highest BCUT2D eigenvalue weighted by Crippen LogP contribution is 2.20. The van der Waals surface area contributed by atoms with Crippen LogP contribution in [0.3, 0.4) is 0 Å². The van der Waals surface area contributed by atoms with E-state index in [1.165, 1.54) is 0 Å². The summed E-state index contributed by atoms with van der Waals surface area (Å²) in [5.74, 6) is -3.57. The number of hydrogen-bond acceptors (Lipinski definition) is 4. The number of carbonyl (C=O) groups excluding carboxylic acids is 1. The van der Waals surface area contributed by atoms with Crippen molar-refractivity contribution in [3.05, 3.63) is 48.2 Å². The highest BCUT2D eigenvalue weighted by molar-refractivity contribution is 5.89. The van der Waals surface area contributed by atoms with E-state index in [1.807, 2.05) is 0 Å². The molecule has 25 heavy (non-hydrogen) atoms. The molecule has 0 bridgehead atoms. The van der Waals surface area contributed by atoms with Crippen LogP contribution in [-0.4, -0.2) is 35.1 Å². The van der Waals surface area contributed by atoms with E-state index in [1.54, 1.807) is 18.6 Å². The Balaban J connectivity index is 1.52. The number of piperidine rings is 1. The second kappa shape index (κ2) is 7.37. The number of rotatable bonds is 3. The van der Waals surface area contributed by atoms with Crippen LogP contribution in [0.5, 0.6) is 0 Å². The highest BCUT2D eigenvalue weighted by Gasteiger charge is 2.22. The second-order valence-corrected chi connectivity index (χ2v) is 5.65. The van der Waals surface area contributed by atoms with Gasteiger partial charge in [0.25, 0.3) is 0 Å². The molecule has 3 rings (SSSR count). The third-order valence-electron chi connectivity index (χ3n) is 3.99. The van der Waals surface area contributed by atoms with Crippen LogP contribution in [0.1, 0.15) is 12.8 Å². The normalized spacial score (nSPS) is 15.1. The summed E-state index contributed by atoms with van der Waals surface area (Å²) in [7, 11) is 0. The molecule has 1 fully saturated rings. The topological polar surface area (TPSA) is 70.2 Å². The summed E-state index contributed by atoms with van der Waals surface area (Å²) in [5.41, 5.74) is -0.409. The minimum absolute atomic E-state index is 0.110. The fraction of sp³-hybridized carbons (Fsp3) is 0.312. The summed E-state index contributed by atoms with van der Waals surface area (Å²) in [6.07, 6.45) is 6.23. The lowest BCUT2D eigenvalue weighted by molar-refractivity contribution is 0.245. The summed E-state index contributed by atoms with van der Waals surface area (Å²) in [4.78, 5) is 22.2. The van der Waals surface area contributed by atoms with E-state index in [2.05, 4.69) is 25.5 Å². The Labute approximate surface area is 142 Å². The predicted molar refractivity (Wildman–Crippen MR) is 85.7 cm³/mol. The molecular weight excluding hydrogens is 335 g/mol. The minimum atomic E-state index is -1.62. The lowest BCUT2D eigenvalue weighted by Crippen LogP contribution is -2.46. The van der Waals surface area contributed by atoms with Gasteiger partial charge in [0.05, 0.1) is 11.9 Å². The fourth-order valence-corrected chi connectivity index (χ4v) is 2.67. The van der Waals surface area contributed by atoms with Gasteiger partial charge in [-0.25, -0.2) is 22.9 Å². The number of amides is 2. The van der Waals surface area contributed by atoms with Gasteiger partial charge in [-0.1, -0.05) is 0 Å². The molecule has 1 saturated heterocycles. The number of urea groups is 1. The van der Waals surface area contributed by atoms with Crippen molar-refractivity contribution in [2.24, 2.45) is 0 Å². The molecule has 0 atom stereocenters. The Hall–Kier alpha value is -2.84. The molecule has 0 radical (unpaired) electrons. The van der Waals surface area contributed by atoms with Crippen LogP contribution in [0.2, 0.25) is 0 Å². The van der Waals surface area contributed by atoms with Crippen LogP contribution in [-0.2, 0) is 0 Å². The zero-order valence-electron chi connectivity index (χ0n) is 13.2. The number of carbonyl (C=O) groups is 1. The summed E-state index contributed by atoms with van der Waals surface area (Å²) in [6, 6.07) is 0.960. The molecule has 9 heteroatoms. The standard InChI is InChI=1S/C16H16F3N5O/c17-11-1-2-12(15(19)14(11)18)23-16(25)22-10-3-7-24(8-4-10)13-9-20-5-6-21-13/h1-2,5-6,9-10H,3-4,7-8H2,(H2,22,23,25). The maximum atomic E-state index is 13.6. The van der Waals surface area contributed by atoms with Crippen molar-refractivity contribution < 1.29 is 18.0 Å². The SMILES string of the molecule is O=C(Nc1ccc(F)c(F)c1F)NC1CCN(c2cnccn2)CC1. The molecule has 2 N–H and O–H groups in total. The largest absolute Gasteiger partial charge is 0.355 e. The molecular formula is C16H16F3N5O. The van der Waals surface area contributed by atoms with E-state index < -0.39 is 29.2 Å². The molecule has 1 aliphatic heterocycles. The molecule has 1 aliphatic rings. The van der Waals surface area contributed by atoms with Crippen molar-refractivity contribution in [3.63, 3.8) is 0 Å². The number of nitrogens with zero attached hydrogens (tertiary/aromatic N) is 3. The van der Waals surface area contributed by atoms with Crippen molar-refractivity contribution >= 4 is 17.5 Å². The quantitative estimate of drug-likeness (QED) is 0.834. The maximum absolute atomic E-state index is 13.6. The fourth-order valence-electron chi connectivity index (χ4n) is 2.67. The van der Waals surface area contributed by atoms with Crippen LogP contribution >= 0.6 is 0 Å². The summed E-state index contributed by atoms with van der Waals surface area (Å²) in [5, 5.41) is 4.91. The predicted octanol–water partition coefficient (Wildman–Crippen LogP) is 2.68. The molecule has 1 aromatic heterocycles. The Bertz CT molecular complexity index is 751. The van der Waals surface area contributed by atoms with E-state index >= 15 is 0 Å². The molecule has 0 spiro atoms. The van der Waals surface area contributed by atoms with Gasteiger partial charge in [0.2, 0.25) is 0 Å². The number of halogens is 3. The van der Waals surface area contributed by atoms with E-state index in [4.69, 9.17) is 0 Å². The third kappa shape index (κ3) is 3.98. The molecule has 132 valence electrons. The van der Waals surface area contributed by atoms with Gasteiger partial charge in [0.1, 0.15) is 5.82 Å². The van der Waals surface area contributed by atoms with Crippen LogP contribution < -0.4 is 15.5 Å². The van der Waals surface area contributed by atoms with Gasteiger partial charge >= 0.3 is 6.03 Å². The molecule has 2 aromatic rings. The van der Waals surface area contributed by atoms with Crippen LogP contribution in [0.15, 0.2) is 30.7 Å². The van der Waals surface area contributed by atoms with E-state index in [9.17, 15) is 18.0 Å². The first-order valence-electron chi connectivity index (χ1n) is 7.76. The molecule has 0 unspecified atom stereocenters.